The molecule has 2 aromatic rings. The van der Waals surface area contributed by atoms with Crippen LogP contribution in [0.25, 0.3) is 0 Å². The fourth-order valence-electron chi connectivity index (χ4n) is 2.02. The SMILES string of the molecule is CCCCCCOc1ccc(Nc2cc(Cl)ncc2F)cc1. The van der Waals surface area contributed by atoms with E-state index in [-0.39, 0.29) is 5.15 Å². The number of unbranched alkanes of at least 4 members (excludes halogenated alkanes) is 3. The Balaban J connectivity index is 1.87. The summed E-state index contributed by atoms with van der Waals surface area (Å²) in [4.78, 5) is 3.68. The number of rotatable bonds is 8. The largest absolute Gasteiger partial charge is 0.494 e. The molecule has 0 aliphatic carbocycles. The van der Waals surface area contributed by atoms with Gasteiger partial charge in [0.05, 0.1) is 18.5 Å². The van der Waals surface area contributed by atoms with Gasteiger partial charge >= 0.3 is 0 Å². The van der Waals surface area contributed by atoms with Crippen molar-refractivity contribution in [1.82, 2.24) is 4.98 Å². The molecular weight excluding hydrogens is 303 g/mol. The number of aromatic nitrogens is 1. The molecule has 0 bridgehead atoms. The van der Waals surface area contributed by atoms with E-state index >= 15 is 0 Å². The molecule has 0 unspecified atom stereocenters. The third kappa shape index (κ3) is 5.19. The molecule has 0 aliphatic heterocycles. The third-order valence-electron chi connectivity index (χ3n) is 3.22. The lowest BCUT2D eigenvalue weighted by atomic mass is 10.2. The summed E-state index contributed by atoms with van der Waals surface area (Å²) < 4.78 is 19.3. The summed E-state index contributed by atoms with van der Waals surface area (Å²) in [5, 5.41) is 3.22. The Morgan fingerprint density at radius 3 is 2.68 bits per heavy atom. The predicted octanol–water partition coefficient (Wildman–Crippen LogP) is 5.58. The van der Waals surface area contributed by atoms with Crippen molar-refractivity contribution in [3.05, 3.63) is 47.5 Å². The van der Waals surface area contributed by atoms with Crippen LogP contribution in [-0.2, 0) is 0 Å². The molecule has 0 amide bonds. The quantitative estimate of drug-likeness (QED) is 0.509. The van der Waals surface area contributed by atoms with Crippen molar-refractivity contribution in [1.29, 1.82) is 0 Å². The van der Waals surface area contributed by atoms with Gasteiger partial charge in [-0.3, -0.25) is 0 Å². The highest BCUT2D eigenvalue weighted by molar-refractivity contribution is 6.29. The van der Waals surface area contributed by atoms with Gasteiger partial charge in [-0.1, -0.05) is 37.8 Å². The summed E-state index contributed by atoms with van der Waals surface area (Å²) in [6.07, 6.45) is 5.81. The highest BCUT2D eigenvalue weighted by Crippen LogP contribution is 2.23. The zero-order valence-corrected chi connectivity index (χ0v) is 13.4. The first-order chi connectivity index (χ1) is 10.7. The van der Waals surface area contributed by atoms with Gasteiger partial charge in [0.25, 0.3) is 0 Å². The van der Waals surface area contributed by atoms with Gasteiger partial charge in [0.2, 0.25) is 0 Å². The standard InChI is InChI=1S/C17H20ClFN2O/c1-2-3-4-5-10-22-14-8-6-13(7-9-14)21-16-11-17(18)20-12-15(16)19/h6-9,11-12H,2-5,10H2,1H3,(H,20,21). The van der Waals surface area contributed by atoms with Gasteiger partial charge in [-0.25, -0.2) is 9.37 Å². The van der Waals surface area contributed by atoms with Crippen molar-refractivity contribution in [2.75, 3.05) is 11.9 Å². The highest BCUT2D eigenvalue weighted by Gasteiger charge is 2.04. The molecule has 1 N–H and O–H groups in total. The molecule has 0 saturated carbocycles. The molecule has 5 heteroatoms. The van der Waals surface area contributed by atoms with Crippen molar-refractivity contribution in [2.45, 2.75) is 32.6 Å². The molecule has 118 valence electrons. The summed E-state index contributed by atoms with van der Waals surface area (Å²) >= 11 is 5.76. The van der Waals surface area contributed by atoms with Crippen LogP contribution in [0.5, 0.6) is 5.75 Å². The van der Waals surface area contributed by atoms with E-state index in [2.05, 4.69) is 17.2 Å². The predicted molar refractivity (Wildman–Crippen MR) is 88.6 cm³/mol. The van der Waals surface area contributed by atoms with Crippen LogP contribution in [0.4, 0.5) is 15.8 Å². The average molecular weight is 323 g/mol. The van der Waals surface area contributed by atoms with Gasteiger partial charge in [-0.2, -0.15) is 0 Å². The Morgan fingerprint density at radius 1 is 1.18 bits per heavy atom. The van der Waals surface area contributed by atoms with Crippen molar-refractivity contribution in [2.24, 2.45) is 0 Å². The first-order valence-corrected chi connectivity index (χ1v) is 7.88. The number of halogens is 2. The molecule has 22 heavy (non-hydrogen) atoms. The van der Waals surface area contributed by atoms with Crippen molar-refractivity contribution < 1.29 is 9.13 Å². The minimum atomic E-state index is -0.444. The Morgan fingerprint density at radius 2 is 1.95 bits per heavy atom. The first-order valence-electron chi connectivity index (χ1n) is 7.50. The lowest BCUT2D eigenvalue weighted by Gasteiger charge is -2.09. The maximum Gasteiger partial charge on any atom is 0.164 e. The Labute approximate surface area is 135 Å². The number of benzene rings is 1. The molecule has 0 spiro atoms. The summed E-state index contributed by atoms with van der Waals surface area (Å²) in [6, 6.07) is 8.87. The van der Waals surface area contributed by atoms with Gasteiger partial charge in [0.1, 0.15) is 10.9 Å². The van der Waals surface area contributed by atoms with Gasteiger partial charge in [-0.05, 0) is 30.7 Å². The van der Waals surface area contributed by atoms with Gasteiger partial charge < -0.3 is 10.1 Å². The highest BCUT2D eigenvalue weighted by atomic mass is 35.5. The van der Waals surface area contributed by atoms with Gasteiger partial charge in [0, 0.05) is 11.8 Å². The minimum Gasteiger partial charge on any atom is -0.494 e. The Kier molecular flexibility index (Phi) is 6.46. The van der Waals surface area contributed by atoms with E-state index in [1.165, 1.54) is 25.3 Å². The number of nitrogens with zero attached hydrogens (tertiary/aromatic N) is 1. The second-order valence-electron chi connectivity index (χ2n) is 5.05. The van der Waals surface area contributed by atoms with Gasteiger partial charge in [0.15, 0.2) is 5.82 Å². The van der Waals surface area contributed by atoms with E-state index < -0.39 is 5.82 Å². The number of hydrogen-bond donors (Lipinski definition) is 1. The maximum absolute atomic E-state index is 13.6. The number of pyridine rings is 1. The monoisotopic (exact) mass is 322 g/mol. The summed E-state index contributed by atoms with van der Waals surface area (Å²) in [5.41, 5.74) is 1.06. The van der Waals surface area contributed by atoms with E-state index in [1.807, 2.05) is 24.3 Å². The van der Waals surface area contributed by atoms with Crippen LogP contribution in [0.1, 0.15) is 32.6 Å². The molecule has 3 nitrogen and oxygen atoms in total. The smallest absolute Gasteiger partial charge is 0.164 e. The zero-order chi connectivity index (χ0) is 15.8. The Bertz CT molecular complexity index is 590. The Hall–Kier alpha value is -1.81. The molecule has 0 fully saturated rings. The topological polar surface area (TPSA) is 34.1 Å². The van der Waals surface area contributed by atoms with Crippen LogP contribution >= 0.6 is 11.6 Å². The third-order valence-corrected chi connectivity index (χ3v) is 3.43. The van der Waals surface area contributed by atoms with Crippen molar-refractivity contribution in [3.8, 4) is 5.75 Å². The van der Waals surface area contributed by atoms with Crippen LogP contribution in [0.3, 0.4) is 0 Å². The number of ether oxygens (including phenoxy) is 1. The van der Waals surface area contributed by atoms with E-state index in [1.54, 1.807) is 0 Å². The number of nitrogens with one attached hydrogen (secondary N) is 1. The van der Waals surface area contributed by atoms with Gasteiger partial charge in [-0.15, -0.1) is 0 Å². The van der Waals surface area contributed by atoms with E-state index in [9.17, 15) is 4.39 Å². The second kappa shape index (κ2) is 8.59. The molecule has 0 aliphatic rings. The first kappa shape index (κ1) is 16.6. The van der Waals surface area contributed by atoms with E-state index in [4.69, 9.17) is 16.3 Å². The molecule has 0 radical (unpaired) electrons. The molecule has 2 rings (SSSR count). The van der Waals surface area contributed by atoms with Crippen molar-refractivity contribution >= 4 is 23.0 Å². The zero-order valence-electron chi connectivity index (χ0n) is 12.6. The van der Waals surface area contributed by atoms with E-state index in [0.717, 1.165) is 30.7 Å². The second-order valence-corrected chi connectivity index (χ2v) is 5.43. The fraction of sp³-hybridized carbons (Fsp3) is 0.353. The molecular formula is C17H20ClFN2O. The van der Waals surface area contributed by atoms with Crippen LogP contribution in [0.2, 0.25) is 5.15 Å². The molecule has 0 saturated heterocycles. The normalized spacial score (nSPS) is 10.5. The molecule has 0 atom stereocenters. The molecule has 1 aromatic carbocycles. The lowest BCUT2D eigenvalue weighted by molar-refractivity contribution is 0.305. The van der Waals surface area contributed by atoms with Crippen molar-refractivity contribution in [3.63, 3.8) is 0 Å². The lowest BCUT2D eigenvalue weighted by Crippen LogP contribution is -1.98. The maximum atomic E-state index is 13.6. The van der Waals surface area contributed by atoms with E-state index in [0.29, 0.717) is 5.69 Å². The average Bonchev–Trinajstić information content (AvgIpc) is 2.52. The summed E-state index contributed by atoms with van der Waals surface area (Å²) in [7, 11) is 0. The molecule has 1 heterocycles. The number of hydrogen-bond acceptors (Lipinski definition) is 3. The number of anilines is 2. The molecule has 1 aromatic heterocycles. The summed E-state index contributed by atoms with van der Waals surface area (Å²) in [5.74, 6) is 0.371. The van der Waals surface area contributed by atoms with Crippen LogP contribution < -0.4 is 10.1 Å². The van der Waals surface area contributed by atoms with Crippen LogP contribution in [0.15, 0.2) is 36.5 Å². The minimum absolute atomic E-state index is 0.246. The van der Waals surface area contributed by atoms with Crippen LogP contribution in [0, 0.1) is 5.82 Å². The fourth-order valence-corrected chi connectivity index (χ4v) is 2.18. The summed E-state index contributed by atoms with van der Waals surface area (Å²) in [6.45, 7) is 2.91. The van der Waals surface area contributed by atoms with Crippen LogP contribution in [-0.4, -0.2) is 11.6 Å².